The van der Waals surface area contributed by atoms with Crippen molar-refractivity contribution in [2.24, 2.45) is 0 Å². The maximum atomic E-state index is 10.9. The predicted molar refractivity (Wildman–Crippen MR) is 54.6 cm³/mol. The Labute approximate surface area is 85.4 Å². The van der Waals surface area contributed by atoms with Gasteiger partial charge in [-0.2, -0.15) is 0 Å². The first-order chi connectivity index (χ1) is 6.84. The summed E-state index contributed by atoms with van der Waals surface area (Å²) in [6, 6.07) is 2.82. The molecule has 0 atom stereocenters. The van der Waals surface area contributed by atoms with Crippen molar-refractivity contribution in [2.45, 2.75) is 39.0 Å². The molecule has 0 unspecified atom stereocenters. The third-order valence-corrected chi connectivity index (χ3v) is 2.13. The van der Waals surface area contributed by atoms with E-state index in [1.165, 1.54) is 24.2 Å². The minimum Gasteiger partial charge on any atom is -0.447 e. The number of carbonyl (C=O) groups excluding carboxylic acids is 1. The summed E-state index contributed by atoms with van der Waals surface area (Å²) in [6.45, 7) is 3.27. The standard InChI is InChI=1S/C11H17NO2/c1-2-3-4-5-6-7-8-12-9-10-14-11(12)13/h2-6,9-10H2,1H3. The van der Waals surface area contributed by atoms with Gasteiger partial charge in [-0.1, -0.05) is 32.1 Å². The zero-order chi connectivity index (χ0) is 10.2. The summed E-state index contributed by atoms with van der Waals surface area (Å²) < 4.78 is 4.75. The fourth-order valence-electron chi connectivity index (χ4n) is 1.29. The summed E-state index contributed by atoms with van der Waals surface area (Å²) in [5.41, 5.74) is 0. The number of cyclic esters (lactones) is 1. The van der Waals surface area contributed by atoms with E-state index in [2.05, 4.69) is 18.9 Å². The number of ether oxygens (including phenoxy) is 1. The maximum Gasteiger partial charge on any atom is 0.421 e. The number of hydrogen-bond acceptors (Lipinski definition) is 2. The van der Waals surface area contributed by atoms with E-state index in [0.29, 0.717) is 13.2 Å². The molecule has 0 aromatic carbocycles. The van der Waals surface area contributed by atoms with Gasteiger partial charge in [0.1, 0.15) is 6.61 Å². The summed E-state index contributed by atoms with van der Waals surface area (Å²) in [5, 5.41) is 0. The van der Waals surface area contributed by atoms with Crippen LogP contribution in [0.2, 0.25) is 0 Å². The topological polar surface area (TPSA) is 29.5 Å². The molecule has 1 saturated heterocycles. The molecule has 0 N–H and O–H groups in total. The fourth-order valence-corrected chi connectivity index (χ4v) is 1.29. The van der Waals surface area contributed by atoms with Gasteiger partial charge in [0.05, 0.1) is 6.54 Å². The van der Waals surface area contributed by atoms with Crippen LogP contribution in [0.4, 0.5) is 4.79 Å². The summed E-state index contributed by atoms with van der Waals surface area (Å²) in [4.78, 5) is 12.4. The highest BCUT2D eigenvalue weighted by atomic mass is 16.6. The van der Waals surface area contributed by atoms with Gasteiger partial charge in [-0.25, -0.2) is 9.69 Å². The Morgan fingerprint density at radius 2 is 2.29 bits per heavy atom. The van der Waals surface area contributed by atoms with Crippen LogP contribution in [-0.2, 0) is 4.74 Å². The second kappa shape index (κ2) is 6.31. The van der Waals surface area contributed by atoms with Crippen LogP contribution in [0.1, 0.15) is 39.0 Å². The molecule has 1 amide bonds. The molecule has 1 fully saturated rings. The largest absolute Gasteiger partial charge is 0.447 e. The number of unbranched alkanes of at least 4 members (excludes halogenated alkanes) is 4. The smallest absolute Gasteiger partial charge is 0.421 e. The molecule has 3 nitrogen and oxygen atoms in total. The minimum absolute atomic E-state index is 0.300. The maximum absolute atomic E-state index is 10.9. The van der Waals surface area contributed by atoms with Gasteiger partial charge in [0, 0.05) is 12.5 Å². The van der Waals surface area contributed by atoms with Crippen LogP contribution in [-0.4, -0.2) is 24.1 Å². The molecule has 0 aromatic rings. The highest BCUT2D eigenvalue weighted by Gasteiger charge is 2.19. The Bertz CT molecular complexity index is 239. The van der Waals surface area contributed by atoms with Crippen molar-refractivity contribution < 1.29 is 9.53 Å². The Balaban J connectivity index is 2.10. The zero-order valence-electron chi connectivity index (χ0n) is 8.71. The second-order valence-electron chi connectivity index (χ2n) is 3.37. The van der Waals surface area contributed by atoms with Crippen molar-refractivity contribution in [2.75, 3.05) is 13.2 Å². The normalized spacial score (nSPS) is 14.9. The number of nitrogens with zero attached hydrogens (tertiary/aromatic N) is 1. The first-order valence-corrected chi connectivity index (χ1v) is 5.27. The highest BCUT2D eigenvalue weighted by Crippen LogP contribution is 2.03. The Kier molecular flexibility index (Phi) is 4.92. The molecule has 0 aromatic heterocycles. The molecule has 1 rings (SSSR count). The highest BCUT2D eigenvalue weighted by molar-refractivity contribution is 5.71. The molecule has 0 spiro atoms. The zero-order valence-corrected chi connectivity index (χ0v) is 8.71. The molecule has 1 heterocycles. The van der Waals surface area contributed by atoms with Crippen molar-refractivity contribution >= 4 is 6.09 Å². The van der Waals surface area contributed by atoms with Crippen LogP contribution >= 0.6 is 0 Å². The molecule has 14 heavy (non-hydrogen) atoms. The fraction of sp³-hybridized carbons (Fsp3) is 0.727. The summed E-state index contributed by atoms with van der Waals surface area (Å²) in [5.74, 6) is 2.99. The monoisotopic (exact) mass is 195 g/mol. The van der Waals surface area contributed by atoms with Crippen molar-refractivity contribution in [3.8, 4) is 12.0 Å². The Morgan fingerprint density at radius 3 is 2.93 bits per heavy atom. The number of rotatable bonds is 4. The van der Waals surface area contributed by atoms with Gasteiger partial charge in [-0.15, -0.1) is 0 Å². The van der Waals surface area contributed by atoms with E-state index in [-0.39, 0.29) is 6.09 Å². The van der Waals surface area contributed by atoms with Gasteiger partial charge >= 0.3 is 6.09 Å². The molecule has 1 aliphatic rings. The minimum atomic E-state index is -0.300. The van der Waals surface area contributed by atoms with Crippen molar-refractivity contribution in [3.05, 3.63) is 0 Å². The van der Waals surface area contributed by atoms with Crippen LogP contribution in [0.15, 0.2) is 0 Å². The third-order valence-electron chi connectivity index (χ3n) is 2.13. The van der Waals surface area contributed by atoms with E-state index in [1.807, 2.05) is 0 Å². The lowest BCUT2D eigenvalue weighted by Crippen LogP contribution is -2.17. The van der Waals surface area contributed by atoms with Gasteiger partial charge in [0.2, 0.25) is 0 Å². The summed E-state index contributed by atoms with van der Waals surface area (Å²) >= 11 is 0. The first kappa shape index (κ1) is 10.9. The Morgan fingerprint density at radius 1 is 1.43 bits per heavy atom. The first-order valence-electron chi connectivity index (χ1n) is 5.27. The molecule has 78 valence electrons. The van der Waals surface area contributed by atoms with E-state index >= 15 is 0 Å². The van der Waals surface area contributed by atoms with E-state index in [0.717, 1.165) is 12.8 Å². The van der Waals surface area contributed by atoms with E-state index in [4.69, 9.17) is 4.74 Å². The molecule has 0 radical (unpaired) electrons. The number of amides is 1. The third kappa shape index (κ3) is 3.69. The van der Waals surface area contributed by atoms with Gasteiger partial charge in [-0.05, 0) is 6.42 Å². The number of hydrogen-bond donors (Lipinski definition) is 0. The van der Waals surface area contributed by atoms with Gasteiger partial charge in [0.25, 0.3) is 0 Å². The SMILES string of the molecule is CCCCCCC#CN1CCOC1=O. The van der Waals surface area contributed by atoms with Gasteiger partial charge in [-0.3, -0.25) is 0 Å². The van der Waals surface area contributed by atoms with Crippen molar-refractivity contribution in [1.82, 2.24) is 4.90 Å². The molecular formula is C11H17NO2. The van der Waals surface area contributed by atoms with E-state index in [1.54, 1.807) is 0 Å². The van der Waals surface area contributed by atoms with Gasteiger partial charge < -0.3 is 4.74 Å². The lowest BCUT2D eigenvalue weighted by Gasteiger charge is -1.99. The lowest BCUT2D eigenvalue weighted by molar-refractivity contribution is 0.167. The van der Waals surface area contributed by atoms with Crippen LogP contribution in [0, 0.1) is 12.0 Å². The lowest BCUT2D eigenvalue weighted by atomic mass is 10.2. The van der Waals surface area contributed by atoms with Crippen LogP contribution < -0.4 is 0 Å². The average molecular weight is 195 g/mol. The molecule has 0 saturated carbocycles. The molecule has 1 aliphatic heterocycles. The molecule has 0 bridgehead atoms. The van der Waals surface area contributed by atoms with Crippen molar-refractivity contribution in [3.63, 3.8) is 0 Å². The number of carbonyl (C=O) groups is 1. The molecule has 0 aliphatic carbocycles. The quantitative estimate of drug-likeness (QED) is 0.509. The van der Waals surface area contributed by atoms with E-state index in [9.17, 15) is 4.79 Å². The van der Waals surface area contributed by atoms with Crippen LogP contribution in [0.5, 0.6) is 0 Å². The van der Waals surface area contributed by atoms with Crippen molar-refractivity contribution in [1.29, 1.82) is 0 Å². The van der Waals surface area contributed by atoms with E-state index < -0.39 is 0 Å². The average Bonchev–Trinajstić information content (AvgIpc) is 2.58. The van der Waals surface area contributed by atoms with Crippen LogP contribution in [0.25, 0.3) is 0 Å². The summed E-state index contributed by atoms with van der Waals surface area (Å²) in [7, 11) is 0. The Hall–Kier alpha value is -1.17. The van der Waals surface area contributed by atoms with Crippen LogP contribution in [0.3, 0.4) is 0 Å². The molecule has 3 heteroatoms. The second-order valence-corrected chi connectivity index (χ2v) is 3.37. The predicted octanol–water partition coefficient (Wildman–Crippen LogP) is 2.37. The van der Waals surface area contributed by atoms with Gasteiger partial charge in [0.15, 0.2) is 0 Å². The molecular weight excluding hydrogens is 178 g/mol. The summed E-state index contributed by atoms with van der Waals surface area (Å²) in [6.07, 6.45) is 5.45.